The van der Waals surface area contributed by atoms with E-state index in [1.54, 1.807) is 14.2 Å². The first-order valence-corrected chi connectivity index (χ1v) is 9.00. The summed E-state index contributed by atoms with van der Waals surface area (Å²) in [6.07, 6.45) is 0. The van der Waals surface area contributed by atoms with Crippen LogP contribution in [0.5, 0.6) is 5.75 Å². The maximum absolute atomic E-state index is 12.6. The number of anilines is 1. The van der Waals surface area contributed by atoms with Crippen LogP contribution < -0.4 is 9.64 Å². The smallest absolute Gasteiger partial charge is 0.234 e. The standard InChI is InChI=1S/C21H23N3O3/c1-13-16-11-19-17(12-18(16)24(21(13)25)9-10-26-3)22-20(23(19)2)14-5-7-15(27-4)8-6-14/h5-8,11-13H,9-10H2,1-4H3. The summed E-state index contributed by atoms with van der Waals surface area (Å²) in [5.74, 6) is 1.67. The minimum absolute atomic E-state index is 0.118. The molecule has 0 aliphatic carbocycles. The highest BCUT2D eigenvalue weighted by molar-refractivity contribution is 6.07. The van der Waals surface area contributed by atoms with Crippen LogP contribution in [0, 0.1) is 0 Å². The summed E-state index contributed by atoms with van der Waals surface area (Å²) in [6.45, 7) is 3.02. The second kappa shape index (κ2) is 6.70. The molecule has 2 aromatic carbocycles. The highest BCUT2D eigenvalue weighted by Gasteiger charge is 2.34. The van der Waals surface area contributed by atoms with Crippen molar-refractivity contribution in [3.05, 3.63) is 42.0 Å². The fourth-order valence-electron chi connectivity index (χ4n) is 3.72. The Hall–Kier alpha value is -2.86. The monoisotopic (exact) mass is 365 g/mol. The summed E-state index contributed by atoms with van der Waals surface area (Å²) >= 11 is 0. The summed E-state index contributed by atoms with van der Waals surface area (Å²) in [5.41, 5.74) is 4.92. The van der Waals surface area contributed by atoms with Gasteiger partial charge in [-0.25, -0.2) is 4.98 Å². The molecule has 1 atom stereocenters. The van der Waals surface area contributed by atoms with Crippen molar-refractivity contribution in [2.24, 2.45) is 7.05 Å². The predicted molar refractivity (Wildman–Crippen MR) is 105 cm³/mol. The number of fused-ring (bicyclic) bond motifs is 2. The minimum atomic E-state index is -0.152. The van der Waals surface area contributed by atoms with E-state index in [0.717, 1.165) is 39.4 Å². The van der Waals surface area contributed by atoms with Crippen LogP contribution in [-0.2, 0) is 16.6 Å². The largest absolute Gasteiger partial charge is 0.497 e. The number of nitrogens with zero attached hydrogens (tertiary/aromatic N) is 3. The molecule has 0 radical (unpaired) electrons. The van der Waals surface area contributed by atoms with E-state index in [1.807, 2.05) is 49.2 Å². The van der Waals surface area contributed by atoms with Gasteiger partial charge in [0, 0.05) is 26.3 Å². The van der Waals surface area contributed by atoms with Crippen molar-refractivity contribution in [2.75, 3.05) is 32.3 Å². The van der Waals surface area contributed by atoms with Crippen LogP contribution in [0.4, 0.5) is 5.69 Å². The number of amides is 1. The maximum atomic E-state index is 12.6. The molecule has 4 rings (SSSR count). The van der Waals surface area contributed by atoms with Gasteiger partial charge in [0.15, 0.2) is 0 Å². The summed E-state index contributed by atoms with van der Waals surface area (Å²) in [4.78, 5) is 19.3. The van der Waals surface area contributed by atoms with Crippen molar-refractivity contribution in [3.8, 4) is 17.1 Å². The number of benzene rings is 2. The molecule has 6 nitrogen and oxygen atoms in total. The van der Waals surface area contributed by atoms with Crippen molar-refractivity contribution >= 4 is 22.6 Å². The van der Waals surface area contributed by atoms with E-state index in [2.05, 4.69) is 10.6 Å². The molecular weight excluding hydrogens is 342 g/mol. The van der Waals surface area contributed by atoms with Crippen molar-refractivity contribution in [2.45, 2.75) is 12.8 Å². The molecule has 1 unspecified atom stereocenters. The summed E-state index contributed by atoms with van der Waals surface area (Å²) < 4.78 is 12.5. The SMILES string of the molecule is COCCN1C(=O)C(C)c2cc3c(cc21)nc(-c1ccc(OC)cc1)n3C. The third-order valence-corrected chi connectivity index (χ3v) is 5.29. The van der Waals surface area contributed by atoms with Gasteiger partial charge in [-0.15, -0.1) is 0 Å². The van der Waals surface area contributed by atoms with Gasteiger partial charge in [-0.2, -0.15) is 0 Å². The lowest BCUT2D eigenvalue weighted by Gasteiger charge is -2.17. The highest BCUT2D eigenvalue weighted by atomic mass is 16.5. The molecule has 1 aliphatic rings. The van der Waals surface area contributed by atoms with Gasteiger partial charge in [0.25, 0.3) is 0 Å². The molecule has 140 valence electrons. The number of carbonyl (C=O) groups excluding carboxylic acids is 1. The minimum Gasteiger partial charge on any atom is -0.497 e. The number of methoxy groups -OCH3 is 2. The Morgan fingerprint density at radius 1 is 1.15 bits per heavy atom. The van der Waals surface area contributed by atoms with Gasteiger partial charge in [0.2, 0.25) is 5.91 Å². The number of carbonyl (C=O) groups is 1. The van der Waals surface area contributed by atoms with E-state index in [0.29, 0.717) is 13.2 Å². The van der Waals surface area contributed by atoms with E-state index in [4.69, 9.17) is 14.5 Å². The Morgan fingerprint density at radius 2 is 1.89 bits per heavy atom. The molecule has 1 amide bonds. The molecule has 2 heterocycles. The lowest BCUT2D eigenvalue weighted by Crippen LogP contribution is -2.31. The summed E-state index contributed by atoms with van der Waals surface area (Å²) in [5, 5.41) is 0. The topological polar surface area (TPSA) is 56.6 Å². The van der Waals surface area contributed by atoms with Gasteiger partial charge >= 0.3 is 0 Å². The third kappa shape index (κ3) is 2.77. The Kier molecular flexibility index (Phi) is 4.36. The van der Waals surface area contributed by atoms with Crippen molar-refractivity contribution in [1.29, 1.82) is 0 Å². The predicted octanol–water partition coefficient (Wildman–Crippen LogP) is 3.35. The number of ether oxygens (including phenoxy) is 2. The number of hydrogen-bond donors (Lipinski definition) is 0. The van der Waals surface area contributed by atoms with Crippen LogP contribution in [0.2, 0.25) is 0 Å². The zero-order valence-corrected chi connectivity index (χ0v) is 16.0. The fraction of sp³-hybridized carbons (Fsp3) is 0.333. The highest BCUT2D eigenvalue weighted by Crippen LogP contribution is 2.40. The summed E-state index contributed by atoms with van der Waals surface area (Å²) in [7, 11) is 5.31. The zero-order chi connectivity index (χ0) is 19.1. The first-order valence-electron chi connectivity index (χ1n) is 9.00. The lowest BCUT2D eigenvalue weighted by atomic mass is 10.0. The van der Waals surface area contributed by atoms with Gasteiger partial charge in [0.1, 0.15) is 11.6 Å². The molecule has 27 heavy (non-hydrogen) atoms. The van der Waals surface area contributed by atoms with Crippen LogP contribution in [0.15, 0.2) is 36.4 Å². The number of hydrogen-bond acceptors (Lipinski definition) is 4. The molecule has 3 aromatic rings. The number of rotatable bonds is 5. The molecule has 1 aliphatic heterocycles. The zero-order valence-electron chi connectivity index (χ0n) is 16.0. The van der Waals surface area contributed by atoms with E-state index >= 15 is 0 Å². The fourth-order valence-corrected chi connectivity index (χ4v) is 3.72. The number of aryl methyl sites for hydroxylation is 1. The number of imidazole rings is 1. The Labute approximate surface area is 158 Å². The molecule has 0 saturated carbocycles. The van der Waals surface area contributed by atoms with Crippen molar-refractivity contribution in [1.82, 2.24) is 9.55 Å². The quantitative estimate of drug-likeness (QED) is 0.696. The van der Waals surface area contributed by atoms with Gasteiger partial charge in [0.05, 0.1) is 36.4 Å². The Bertz CT molecular complexity index is 1010. The lowest BCUT2D eigenvalue weighted by molar-refractivity contribution is -0.119. The van der Waals surface area contributed by atoms with Crippen LogP contribution in [-0.4, -0.2) is 42.8 Å². The Balaban J connectivity index is 1.81. The summed E-state index contributed by atoms with van der Waals surface area (Å²) in [6, 6.07) is 12.0. The average molecular weight is 365 g/mol. The molecular formula is C21H23N3O3. The van der Waals surface area contributed by atoms with E-state index < -0.39 is 0 Å². The molecule has 0 fully saturated rings. The molecule has 6 heteroatoms. The van der Waals surface area contributed by atoms with Crippen LogP contribution in [0.1, 0.15) is 18.4 Å². The van der Waals surface area contributed by atoms with Crippen LogP contribution in [0.25, 0.3) is 22.4 Å². The van der Waals surface area contributed by atoms with Crippen LogP contribution >= 0.6 is 0 Å². The Morgan fingerprint density at radius 3 is 2.56 bits per heavy atom. The van der Waals surface area contributed by atoms with E-state index in [1.165, 1.54) is 0 Å². The van der Waals surface area contributed by atoms with Crippen molar-refractivity contribution in [3.63, 3.8) is 0 Å². The van der Waals surface area contributed by atoms with E-state index in [9.17, 15) is 4.79 Å². The maximum Gasteiger partial charge on any atom is 0.234 e. The second-order valence-corrected chi connectivity index (χ2v) is 6.83. The first kappa shape index (κ1) is 17.5. The molecule has 0 N–H and O–H groups in total. The van der Waals surface area contributed by atoms with Gasteiger partial charge in [-0.05, 0) is 48.9 Å². The first-order chi connectivity index (χ1) is 13.0. The second-order valence-electron chi connectivity index (χ2n) is 6.83. The normalized spacial score (nSPS) is 16.2. The van der Waals surface area contributed by atoms with Gasteiger partial charge < -0.3 is 18.9 Å². The average Bonchev–Trinajstić information content (AvgIpc) is 3.13. The molecule has 0 saturated heterocycles. The molecule has 1 aromatic heterocycles. The van der Waals surface area contributed by atoms with Gasteiger partial charge in [-0.3, -0.25) is 4.79 Å². The van der Waals surface area contributed by atoms with Crippen LogP contribution in [0.3, 0.4) is 0 Å². The number of aromatic nitrogens is 2. The van der Waals surface area contributed by atoms with E-state index in [-0.39, 0.29) is 11.8 Å². The third-order valence-electron chi connectivity index (χ3n) is 5.29. The van der Waals surface area contributed by atoms with Crippen molar-refractivity contribution < 1.29 is 14.3 Å². The molecule has 0 spiro atoms. The van der Waals surface area contributed by atoms with Gasteiger partial charge in [-0.1, -0.05) is 0 Å². The molecule has 0 bridgehead atoms.